The van der Waals surface area contributed by atoms with Crippen molar-refractivity contribution in [3.05, 3.63) is 29.6 Å². The van der Waals surface area contributed by atoms with Gasteiger partial charge in [0.2, 0.25) is 0 Å². The topological polar surface area (TPSA) is 49.5 Å². The maximum absolute atomic E-state index is 13.9. The summed E-state index contributed by atoms with van der Waals surface area (Å²) in [6.45, 7) is 0.750. The minimum absolute atomic E-state index is 0.176. The number of halogens is 1. The smallest absolute Gasteiger partial charge is 0.147 e. The lowest BCUT2D eigenvalue weighted by Crippen LogP contribution is -2.37. The van der Waals surface area contributed by atoms with Crippen LogP contribution in [0.5, 0.6) is 0 Å². The fraction of sp³-hybridized carbons (Fsp3) is 0.462. The zero-order valence-corrected chi connectivity index (χ0v) is 11.1. The van der Waals surface area contributed by atoms with E-state index >= 15 is 0 Å². The molecule has 0 unspecified atom stereocenters. The lowest BCUT2D eigenvalue weighted by molar-refractivity contribution is 0.0464. The second kappa shape index (κ2) is 5.20. The SMILES string of the molecule is CN(CC1CC(O)C1)c1ccc(C(N)=S)cc1F. The molecule has 0 aromatic heterocycles. The van der Waals surface area contributed by atoms with Crippen LogP contribution in [-0.2, 0) is 0 Å². The van der Waals surface area contributed by atoms with E-state index in [4.69, 9.17) is 18.0 Å². The Kier molecular flexibility index (Phi) is 3.82. The third-order valence-corrected chi connectivity index (χ3v) is 3.62. The van der Waals surface area contributed by atoms with E-state index in [0.29, 0.717) is 17.2 Å². The molecule has 1 aliphatic rings. The Labute approximate surface area is 111 Å². The molecule has 1 aliphatic carbocycles. The van der Waals surface area contributed by atoms with Crippen LogP contribution in [0.3, 0.4) is 0 Å². The standard InChI is InChI=1S/C13H17FN2OS/c1-16(7-8-4-10(17)5-8)12-3-2-9(13(15)18)6-11(12)14/h2-3,6,8,10,17H,4-5,7H2,1H3,(H2,15,18). The quantitative estimate of drug-likeness (QED) is 0.816. The maximum atomic E-state index is 13.9. The van der Waals surface area contributed by atoms with Crippen molar-refractivity contribution < 1.29 is 9.50 Å². The summed E-state index contributed by atoms with van der Waals surface area (Å²) in [7, 11) is 1.85. The molecule has 2 rings (SSSR count). The van der Waals surface area contributed by atoms with Gasteiger partial charge in [-0.2, -0.15) is 0 Å². The molecule has 98 valence electrons. The van der Waals surface area contributed by atoms with Crippen molar-refractivity contribution in [2.24, 2.45) is 11.7 Å². The Balaban J connectivity index is 2.05. The summed E-state index contributed by atoms with van der Waals surface area (Å²) >= 11 is 4.81. The van der Waals surface area contributed by atoms with Crippen molar-refractivity contribution in [1.29, 1.82) is 0 Å². The third kappa shape index (κ3) is 2.79. The van der Waals surface area contributed by atoms with E-state index in [9.17, 15) is 9.50 Å². The number of rotatable bonds is 4. The number of nitrogens with zero attached hydrogens (tertiary/aromatic N) is 1. The van der Waals surface area contributed by atoms with Crippen molar-refractivity contribution in [2.75, 3.05) is 18.5 Å². The molecule has 0 atom stereocenters. The predicted octanol–water partition coefficient (Wildman–Crippen LogP) is 1.67. The van der Waals surface area contributed by atoms with E-state index in [1.54, 1.807) is 12.1 Å². The van der Waals surface area contributed by atoms with Crippen molar-refractivity contribution in [3.8, 4) is 0 Å². The molecule has 0 heterocycles. The van der Waals surface area contributed by atoms with E-state index in [0.717, 1.165) is 19.4 Å². The summed E-state index contributed by atoms with van der Waals surface area (Å²) < 4.78 is 13.9. The van der Waals surface area contributed by atoms with E-state index in [-0.39, 0.29) is 16.9 Å². The molecule has 0 amide bonds. The summed E-state index contributed by atoms with van der Waals surface area (Å²) in [6, 6.07) is 4.79. The Morgan fingerprint density at radius 1 is 1.56 bits per heavy atom. The van der Waals surface area contributed by atoms with E-state index < -0.39 is 0 Å². The average molecular weight is 268 g/mol. The average Bonchev–Trinajstić information content (AvgIpc) is 2.26. The van der Waals surface area contributed by atoms with Gasteiger partial charge in [-0.3, -0.25) is 0 Å². The number of aliphatic hydroxyl groups excluding tert-OH is 1. The molecule has 0 radical (unpaired) electrons. The molecule has 0 saturated heterocycles. The molecule has 1 fully saturated rings. The van der Waals surface area contributed by atoms with Gasteiger partial charge in [0.05, 0.1) is 11.8 Å². The van der Waals surface area contributed by atoms with Crippen LogP contribution in [-0.4, -0.2) is 29.8 Å². The number of aliphatic hydroxyl groups is 1. The van der Waals surface area contributed by atoms with Crippen LogP contribution >= 0.6 is 12.2 Å². The number of hydrogen-bond acceptors (Lipinski definition) is 3. The van der Waals surface area contributed by atoms with Gasteiger partial charge in [0.1, 0.15) is 10.8 Å². The van der Waals surface area contributed by atoms with Gasteiger partial charge in [-0.25, -0.2) is 4.39 Å². The molecule has 0 spiro atoms. The van der Waals surface area contributed by atoms with E-state index in [2.05, 4.69) is 0 Å². The normalized spacial score (nSPS) is 22.4. The molecule has 1 aromatic rings. The van der Waals surface area contributed by atoms with Gasteiger partial charge in [-0.05, 0) is 37.0 Å². The third-order valence-electron chi connectivity index (χ3n) is 3.39. The molecule has 0 bridgehead atoms. The molecular weight excluding hydrogens is 251 g/mol. The van der Waals surface area contributed by atoms with Gasteiger partial charge in [0, 0.05) is 19.2 Å². The van der Waals surface area contributed by atoms with Gasteiger partial charge in [-0.1, -0.05) is 12.2 Å². The summed E-state index contributed by atoms with van der Waals surface area (Å²) in [5.74, 6) is 0.127. The Hall–Kier alpha value is -1.20. The lowest BCUT2D eigenvalue weighted by atomic mass is 9.82. The first-order valence-corrected chi connectivity index (χ1v) is 6.36. The van der Waals surface area contributed by atoms with Crippen LogP contribution in [0.2, 0.25) is 0 Å². The van der Waals surface area contributed by atoms with Gasteiger partial charge in [-0.15, -0.1) is 0 Å². The number of benzene rings is 1. The number of anilines is 1. The van der Waals surface area contributed by atoms with Crippen molar-refractivity contribution in [3.63, 3.8) is 0 Å². The lowest BCUT2D eigenvalue weighted by Gasteiger charge is -2.35. The Bertz CT molecular complexity index is 460. The van der Waals surface area contributed by atoms with Crippen LogP contribution < -0.4 is 10.6 Å². The fourth-order valence-corrected chi connectivity index (χ4v) is 2.43. The second-order valence-corrected chi connectivity index (χ2v) is 5.34. The van der Waals surface area contributed by atoms with Gasteiger partial charge in [0.15, 0.2) is 0 Å². The van der Waals surface area contributed by atoms with Crippen molar-refractivity contribution in [1.82, 2.24) is 0 Å². The number of nitrogens with two attached hydrogens (primary N) is 1. The van der Waals surface area contributed by atoms with Gasteiger partial charge < -0.3 is 15.7 Å². The first-order chi connectivity index (χ1) is 8.47. The van der Waals surface area contributed by atoms with Crippen molar-refractivity contribution >= 4 is 22.9 Å². The summed E-state index contributed by atoms with van der Waals surface area (Å²) in [5.41, 5.74) is 6.54. The first-order valence-electron chi connectivity index (χ1n) is 5.96. The van der Waals surface area contributed by atoms with Crippen LogP contribution in [0.15, 0.2) is 18.2 Å². The largest absolute Gasteiger partial charge is 0.393 e. The van der Waals surface area contributed by atoms with Crippen molar-refractivity contribution in [2.45, 2.75) is 18.9 Å². The highest BCUT2D eigenvalue weighted by Crippen LogP contribution is 2.29. The minimum Gasteiger partial charge on any atom is -0.393 e. The van der Waals surface area contributed by atoms with Crippen LogP contribution in [0.4, 0.5) is 10.1 Å². The maximum Gasteiger partial charge on any atom is 0.147 e. The summed E-state index contributed by atoms with van der Waals surface area (Å²) in [4.78, 5) is 2.07. The highest BCUT2D eigenvalue weighted by atomic mass is 32.1. The zero-order valence-electron chi connectivity index (χ0n) is 10.3. The van der Waals surface area contributed by atoms with Gasteiger partial charge in [0.25, 0.3) is 0 Å². The molecule has 1 saturated carbocycles. The number of hydrogen-bond donors (Lipinski definition) is 2. The first kappa shape index (κ1) is 13.2. The van der Waals surface area contributed by atoms with Gasteiger partial charge >= 0.3 is 0 Å². The highest BCUT2D eigenvalue weighted by Gasteiger charge is 2.28. The predicted molar refractivity (Wildman–Crippen MR) is 74.3 cm³/mol. The summed E-state index contributed by atoms with van der Waals surface area (Å²) in [6.07, 6.45) is 1.43. The fourth-order valence-electron chi connectivity index (χ4n) is 2.30. The van der Waals surface area contributed by atoms with E-state index in [1.807, 2.05) is 11.9 Å². The molecule has 1 aromatic carbocycles. The highest BCUT2D eigenvalue weighted by molar-refractivity contribution is 7.80. The van der Waals surface area contributed by atoms with E-state index in [1.165, 1.54) is 6.07 Å². The monoisotopic (exact) mass is 268 g/mol. The molecule has 18 heavy (non-hydrogen) atoms. The summed E-state index contributed by atoms with van der Waals surface area (Å²) in [5, 5.41) is 9.23. The molecule has 0 aliphatic heterocycles. The molecular formula is C13H17FN2OS. The molecule has 3 N–H and O–H groups in total. The minimum atomic E-state index is -0.317. The van der Waals surface area contributed by atoms with Crippen LogP contribution in [0, 0.1) is 11.7 Å². The molecule has 3 nitrogen and oxygen atoms in total. The molecule has 5 heteroatoms. The number of thiocarbonyl (C=S) groups is 1. The second-order valence-electron chi connectivity index (χ2n) is 4.90. The van der Waals surface area contributed by atoms with Crippen LogP contribution in [0.25, 0.3) is 0 Å². The Morgan fingerprint density at radius 3 is 2.72 bits per heavy atom. The van der Waals surface area contributed by atoms with Crippen LogP contribution in [0.1, 0.15) is 18.4 Å². The zero-order chi connectivity index (χ0) is 13.3. The Morgan fingerprint density at radius 2 is 2.22 bits per heavy atom.